The molecule has 4 rings (SSSR count). The number of thioether (sulfide) groups is 1. The zero-order valence-electron chi connectivity index (χ0n) is 15.7. The van der Waals surface area contributed by atoms with Crippen LogP contribution in [0.5, 0.6) is 5.75 Å². The largest absolute Gasteiger partial charge is 0.493 e. The van der Waals surface area contributed by atoms with Crippen molar-refractivity contribution in [2.24, 2.45) is 0 Å². The van der Waals surface area contributed by atoms with Gasteiger partial charge in [-0.05, 0) is 42.0 Å². The van der Waals surface area contributed by atoms with Gasteiger partial charge in [-0.3, -0.25) is 4.57 Å². The van der Waals surface area contributed by atoms with E-state index in [0.717, 1.165) is 28.2 Å². The lowest BCUT2D eigenvalue weighted by Gasteiger charge is -2.11. The number of nitrogens with zero attached hydrogens (tertiary/aromatic N) is 3. The third-order valence-corrected chi connectivity index (χ3v) is 5.46. The van der Waals surface area contributed by atoms with Gasteiger partial charge >= 0.3 is 0 Å². The van der Waals surface area contributed by atoms with Crippen molar-refractivity contribution in [3.8, 4) is 11.4 Å². The Morgan fingerprint density at radius 1 is 0.828 bits per heavy atom. The van der Waals surface area contributed by atoms with Gasteiger partial charge in [0.15, 0.2) is 5.16 Å². The molecular weight excluding hydrogens is 402 g/mol. The lowest BCUT2D eigenvalue weighted by molar-refractivity contribution is 0.344. The fourth-order valence-electron chi connectivity index (χ4n) is 2.95. The Bertz CT molecular complexity index is 1040. The lowest BCUT2D eigenvalue weighted by atomic mass is 10.1. The van der Waals surface area contributed by atoms with Gasteiger partial charge in [0.05, 0.1) is 6.61 Å². The van der Waals surface area contributed by atoms with Crippen LogP contribution in [0.15, 0.2) is 90.1 Å². The first-order chi connectivity index (χ1) is 14.3. The van der Waals surface area contributed by atoms with Crippen LogP contribution in [0.3, 0.4) is 0 Å². The second kappa shape index (κ2) is 9.63. The quantitative estimate of drug-likeness (QED) is 0.271. The zero-order chi connectivity index (χ0) is 19.9. The SMILES string of the molecule is Clc1ccc(-n2c(Cc3ccccc3)nnc2SCCOc2ccccc2)cc1. The fourth-order valence-corrected chi connectivity index (χ4v) is 3.86. The average Bonchev–Trinajstić information content (AvgIpc) is 3.15. The molecule has 0 spiro atoms. The molecule has 0 aliphatic carbocycles. The van der Waals surface area contributed by atoms with Gasteiger partial charge in [0.1, 0.15) is 11.6 Å². The highest BCUT2D eigenvalue weighted by Crippen LogP contribution is 2.24. The Morgan fingerprint density at radius 2 is 1.52 bits per heavy atom. The molecule has 0 saturated carbocycles. The maximum Gasteiger partial charge on any atom is 0.195 e. The predicted octanol–water partition coefficient (Wildman–Crippen LogP) is 5.68. The minimum absolute atomic E-state index is 0.593. The molecule has 3 aromatic carbocycles. The molecule has 0 aliphatic heterocycles. The van der Waals surface area contributed by atoms with Gasteiger partial charge < -0.3 is 4.74 Å². The van der Waals surface area contributed by atoms with E-state index in [0.29, 0.717) is 18.1 Å². The minimum atomic E-state index is 0.593. The van der Waals surface area contributed by atoms with Gasteiger partial charge in [0, 0.05) is 22.9 Å². The Kier molecular flexibility index (Phi) is 6.49. The molecule has 4 nitrogen and oxygen atoms in total. The fraction of sp³-hybridized carbons (Fsp3) is 0.130. The number of aromatic nitrogens is 3. The molecule has 0 radical (unpaired) electrons. The summed E-state index contributed by atoms with van der Waals surface area (Å²) < 4.78 is 7.89. The van der Waals surface area contributed by atoms with Crippen LogP contribution in [0.25, 0.3) is 5.69 Å². The Morgan fingerprint density at radius 3 is 2.24 bits per heavy atom. The average molecular weight is 422 g/mol. The van der Waals surface area contributed by atoms with Crippen molar-refractivity contribution in [2.75, 3.05) is 12.4 Å². The number of benzene rings is 3. The van der Waals surface area contributed by atoms with Crippen molar-refractivity contribution in [3.05, 3.63) is 101 Å². The molecule has 1 aromatic heterocycles. The van der Waals surface area contributed by atoms with Crippen molar-refractivity contribution in [3.63, 3.8) is 0 Å². The second-order valence-electron chi connectivity index (χ2n) is 6.38. The Balaban J connectivity index is 1.52. The zero-order valence-corrected chi connectivity index (χ0v) is 17.3. The highest BCUT2D eigenvalue weighted by atomic mass is 35.5. The maximum atomic E-state index is 6.08. The molecule has 1 heterocycles. The maximum absolute atomic E-state index is 6.08. The molecule has 6 heteroatoms. The number of ether oxygens (including phenoxy) is 1. The standard InChI is InChI=1S/C23H20ClN3OS/c24-19-11-13-20(14-12-19)27-22(17-18-7-3-1-4-8-18)25-26-23(27)29-16-15-28-21-9-5-2-6-10-21/h1-14H,15-17H2. The van der Waals surface area contributed by atoms with Crippen molar-refractivity contribution in [1.82, 2.24) is 14.8 Å². The van der Waals surface area contributed by atoms with Gasteiger partial charge in [-0.15, -0.1) is 10.2 Å². The number of hydrogen-bond acceptors (Lipinski definition) is 4. The van der Waals surface area contributed by atoms with Crippen LogP contribution >= 0.6 is 23.4 Å². The van der Waals surface area contributed by atoms with Crippen LogP contribution < -0.4 is 4.74 Å². The molecule has 0 amide bonds. The topological polar surface area (TPSA) is 39.9 Å². The highest BCUT2D eigenvalue weighted by molar-refractivity contribution is 7.99. The first-order valence-electron chi connectivity index (χ1n) is 9.34. The minimum Gasteiger partial charge on any atom is -0.493 e. The Labute approximate surface area is 179 Å². The first-order valence-corrected chi connectivity index (χ1v) is 10.7. The van der Waals surface area contributed by atoms with Gasteiger partial charge in [-0.2, -0.15) is 0 Å². The first kappa shape index (κ1) is 19.6. The van der Waals surface area contributed by atoms with E-state index < -0.39 is 0 Å². The van der Waals surface area contributed by atoms with Crippen LogP contribution in [-0.4, -0.2) is 27.1 Å². The smallest absolute Gasteiger partial charge is 0.195 e. The molecule has 29 heavy (non-hydrogen) atoms. The van der Waals surface area contributed by atoms with Crippen LogP contribution in [-0.2, 0) is 6.42 Å². The second-order valence-corrected chi connectivity index (χ2v) is 7.88. The van der Waals surface area contributed by atoms with E-state index >= 15 is 0 Å². The molecule has 0 bridgehead atoms. The highest BCUT2D eigenvalue weighted by Gasteiger charge is 2.15. The molecule has 0 saturated heterocycles. The van der Waals surface area contributed by atoms with Crippen LogP contribution in [0.1, 0.15) is 11.4 Å². The van der Waals surface area contributed by atoms with E-state index in [2.05, 4.69) is 26.9 Å². The summed E-state index contributed by atoms with van der Waals surface area (Å²) in [5.41, 5.74) is 2.19. The molecule has 4 aromatic rings. The van der Waals surface area contributed by atoms with Crippen molar-refractivity contribution in [2.45, 2.75) is 11.6 Å². The summed E-state index contributed by atoms with van der Waals surface area (Å²) in [4.78, 5) is 0. The van der Waals surface area contributed by atoms with Gasteiger partial charge in [-0.1, -0.05) is 71.9 Å². The van der Waals surface area contributed by atoms with E-state index in [-0.39, 0.29) is 0 Å². The third kappa shape index (κ3) is 5.19. The molecule has 0 N–H and O–H groups in total. The van der Waals surface area contributed by atoms with Crippen LogP contribution in [0.2, 0.25) is 5.02 Å². The molecule has 0 aliphatic rings. The van der Waals surface area contributed by atoms with E-state index in [1.54, 1.807) is 11.8 Å². The summed E-state index contributed by atoms with van der Waals surface area (Å²) in [6, 6.07) is 27.9. The van der Waals surface area contributed by atoms with Gasteiger partial charge in [0.2, 0.25) is 0 Å². The summed E-state index contributed by atoms with van der Waals surface area (Å²) in [7, 11) is 0. The summed E-state index contributed by atoms with van der Waals surface area (Å²) in [5, 5.41) is 10.5. The van der Waals surface area contributed by atoms with E-state index in [1.807, 2.05) is 72.8 Å². The number of para-hydroxylation sites is 1. The normalized spacial score (nSPS) is 10.8. The van der Waals surface area contributed by atoms with Gasteiger partial charge in [-0.25, -0.2) is 0 Å². The monoisotopic (exact) mass is 421 g/mol. The Hall–Kier alpha value is -2.76. The van der Waals surface area contributed by atoms with E-state index in [1.165, 1.54) is 5.56 Å². The molecule has 0 atom stereocenters. The molecule has 0 unspecified atom stereocenters. The van der Waals surface area contributed by atoms with E-state index in [4.69, 9.17) is 16.3 Å². The van der Waals surface area contributed by atoms with Gasteiger partial charge in [0.25, 0.3) is 0 Å². The number of rotatable bonds is 8. The predicted molar refractivity (Wildman–Crippen MR) is 118 cm³/mol. The third-order valence-electron chi connectivity index (χ3n) is 4.32. The van der Waals surface area contributed by atoms with E-state index in [9.17, 15) is 0 Å². The number of hydrogen-bond donors (Lipinski definition) is 0. The number of halogens is 1. The molecule has 0 fully saturated rings. The summed E-state index contributed by atoms with van der Waals surface area (Å²) in [6.07, 6.45) is 0.706. The van der Waals surface area contributed by atoms with Crippen LogP contribution in [0.4, 0.5) is 0 Å². The molecule has 146 valence electrons. The summed E-state index contributed by atoms with van der Waals surface area (Å²) in [5.74, 6) is 2.54. The van der Waals surface area contributed by atoms with Crippen molar-refractivity contribution in [1.29, 1.82) is 0 Å². The summed E-state index contributed by atoms with van der Waals surface area (Å²) >= 11 is 7.71. The van der Waals surface area contributed by atoms with Crippen LogP contribution in [0, 0.1) is 0 Å². The lowest BCUT2D eigenvalue weighted by Crippen LogP contribution is -2.05. The summed E-state index contributed by atoms with van der Waals surface area (Å²) in [6.45, 7) is 0.593. The van der Waals surface area contributed by atoms with Crippen molar-refractivity contribution < 1.29 is 4.74 Å². The van der Waals surface area contributed by atoms with Crippen molar-refractivity contribution >= 4 is 23.4 Å². The molecular formula is C23H20ClN3OS.